The minimum absolute atomic E-state index is 0.0160. The van der Waals surface area contributed by atoms with Crippen molar-refractivity contribution in [3.63, 3.8) is 0 Å². The third-order valence-corrected chi connectivity index (χ3v) is 2.93. The maximum Gasteiger partial charge on any atom is 0.273 e. The van der Waals surface area contributed by atoms with E-state index < -0.39 is 5.92 Å². The zero-order chi connectivity index (χ0) is 13.8. The maximum atomic E-state index is 13.8. The van der Waals surface area contributed by atoms with Gasteiger partial charge in [-0.2, -0.15) is 0 Å². The summed E-state index contributed by atoms with van der Waals surface area (Å²) < 4.78 is 27.7. The van der Waals surface area contributed by atoms with Crippen molar-refractivity contribution in [3.8, 4) is 0 Å². The number of alkyl halides is 2. The first-order chi connectivity index (χ1) is 8.31. The van der Waals surface area contributed by atoms with Crippen LogP contribution in [0.1, 0.15) is 44.7 Å². The van der Waals surface area contributed by atoms with Gasteiger partial charge in [-0.05, 0) is 31.2 Å². The van der Waals surface area contributed by atoms with Gasteiger partial charge in [0.2, 0.25) is 0 Å². The number of hydrogen-bond acceptors (Lipinski definition) is 1. The summed E-state index contributed by atoms with van der Waals surface area (Å²) in [6, 6.07) is 6.79. The Labute approximate surface area is 108 Å². The van der Waals surface area contributed by atoms with E-state index in [9.17, 15) is 8.78 Å². The monoisotopic (exact) mass is 255 g/mol. The first kappa shape index (κ1) is 15.1. The van der Waals surface area contributed by atoms with Crippen molar-refractivity contribution in [1.29, 1.82) is 0 Å². The highest BCUT2D eigenvalue weighted by Gasteiger charge is 2.31. The summed E-state index contributed by atoms with van der Waals surface area (Å²) in [5, 5.41) is 0. The molecule has 0 heterocycles. The van der Waals surface area contributed by atoms with Crippen molar-refractivity contribution in [2.24, 2.45) is 11.7 Å². The quantitative estimate of drug-likeness (QED) is 0.813. The fourth-order valence-electron chi connectivity index (χ4n) is 1.94. The third-order valence-electron chi connectivity index (χ3n) is 2.93. The number of nitrogens with two attached hydrogens (primary N) is 1. The van der Waals surface area contributed by atoms with E-state index in [2.05, 4.69) is 0 Å². The van der Waals surface area contributed by atoms with E-state index in [4.69, 9.17) is 5.73 Å². The van der Waals surface area contributed by atoms with Gasteiger partial charge in [-0.25, -0.2) is 8.78 Å². The van der Waals surface area contributed by atoms with Gasteiger partial charge in [-0.15, -0.1) is 0 Å². The molecule has 0 spiro atoms. The van der Waals surface area contributed by atoms with Crippen LogP contribution in [0.25, 0.3) is 0 Å². The van der Waals surface area contributed by atoms with Gasteiger partial charge < -0.3 is 5.73 Å². The Kier molecular flexibility index (Phi) is 5.27. The second kappa shape index (κ2) is 6.28. The first-order valence-electron chi connectivity index (χ1n) is 6.54. The molecular weight excluding hydrogens is 232 g/mol. The van der Waals surface area contributed by atoms with Crippen LogP contribution >= 0.6 is 0 Å². The number of aryl methyl sites for hydroxylation is 1. The highest BCUT2D eigenvalue weighted by molar-refractivity contribution is 5.26. The molecule has 0 bridgehead atoms. The molecule has 18 heavy (non-hydrogen) atoms. The SMILES string of the molecule is CC(C)CC(F)(F)c1ccc(CCC(C)N)cc1. The minimum atomic E-state index is -2.73. The molecule has 0 aliphatic rings. The molecule has 0 aliphatic carbocycles. The molecule has 1 aromatic rings. The summed E-state index contributed by atoms with van der Waals surface area (Å²) in [5.41, 5.74) is 6.85. The van der Waals surface area contributed by atoms with Crippen LogP contribution in [0.2, 0.25) is 0 Å². The summed E-state index contributed by atoms with van der Waals surface area (Å²) in [5.74, 6) is -2.74. The Balaban J connectivity index is 2.69. The van der Waals surface area contributed by atoms with Crippen molar-refractivity contribution >= 4 is 0 Å². The van der Waals surface area contributed by atoms with Crippen LogP contribution in [0.15, 0.2) is 24.3 Å². The molecule has 1 rings (SSSR count). The van der Waals surface area contributed by atoms with Crippen LogP contribution in [-0.2, 0) is 12.3 Å². The Morgan fingerprint density at radius 3 is 2.11 bits per heavy atom. The predicted molar refractivity (Wildman–Crippen MR) is 71.8 cm³/mol. The van der Waals surface area contributed by atoms with Crippen LogP contribution in [0.3, 0.4) is 0 Å². The van der Waals surface area contributed by atoms with Crippen LogP contribution in [-0.4, -0.2) is 6.04 Å². The molecule has 0 amide bonds. The standard InChI is InChI=1S/C15H23F2N/c1-11(2)10-15(16,17)14-8-6-13(7-9-14)5-4-12(3)18/h6-9,11-12H,4-5,10,18H2,1-3H3. The Morgan fingerprint density at radius 2 is 1.67 bits per heavy atom. The van der Waals surface area contributed by atoms with E-state index in [1.807, 2.05) is 20.8 Å². The molecule has 0 saturated carbocycles. The molecule has 1 atom stereocenters. The molecule has 3 heteroatoms. The highest BCUT2D eigenvalue weighted by Crippen LogP contribution is 2.34. The summed E-state index contributed by atoms with van der Waals surface area (Å²) >= 11 is 0. The molecular formula is C15H23F2N. The molecule has 0 fully saturated rings. The normalized spacial score (nSPS) is 13.9. The van der Waals surface area contributed by atoms with E-state index in [0.29, 0.717) is 0 Å². The Hall–Kier alpha value is -0.960. The van der Waals surface area contributed by atoms with Crippen molar-refractivity contribution in [3.05, 3.63) is 35.4 Å². The lowest BCUT2D eigenvalue weighted by molar-refractivity contribution is -0.0249. The Bertz CT molecular complexity index is 355. The molecule has 0 radical (unpaired) electrons. The van der Waals surface area contributed by atoms with E-state index in [0.717, 1.165) is 18.4 Å². The summed E-state index contributed by atoms with van der Waals surface area (Å²) in [4.78, 5) is 0. The van der Waals surface area contributed by atoms with Gasteiger partial charge in [-0.1, -0.05) is 38.1 Å². The van der Waals surface area contributed by atoms with E-state index >= 15 is 0 Å². The number of rotatable bonds is 6. The topological polar surface area (TPSA) is 26.0 Å². The molecule has 1 unspecified atom stereocenters. The van der Waals surface area contributed by atoms with E-state index in [1.165, 1.54) is 0 Å². The lowest BCUT2D eigenvalue weighted by Crippen LogP contribution is -2.17. The fourth-order valence-corrected chi connectivity index (χ4v) is 1.94. The lowest BCUT2D eigenvalue weighted by Gasteiger charge is -2.19. The zero-order valence-corrected chi connectivity index (χ0v) is 11.4. The molecule has 1 nitrogen and oxygen atoms in total. The second-order valence-corrected chi connectivity index (χ2v) is 5.52. The lowest BCUT2D eigenvalue weighted by atomic mass is 9.96. The predicted octanol–water partition coefficient (Wildman–Crippen LogP) is 4.10. The number of benzene rings is 1. The Morgan fingerprint density at radius 1 is 1.11 bits per heavy atom. The summed E-state index contributed by atoms with van der Waals surface area (Å²) in [7, 11) is 0. The number of halogens is 2. The van der Waals surface area contributed by atoms with Gasteiger partial charge in [-0.3, -0.25) is 0 Å². The third kappa shape index (κ3) is 4.73. The van der Waals surface area contributed by atoms with Gasteiger partial charge in [0.1, 0.15) is 0 Å². The average Bonchev–Trinajstić information content (AvgIpc) is 2.25. The van der Waals surface area contributed by atoms with Crippen molar-refractivity contribution in [1.82, 2.24) is 0 Å². The second-order valence-electron chi connectivity index (χ2n) is 5.52. The van der Waals surface area contributed by atoms with Gasteiger partial charge in [0.15, 0.2) is 0 Å². The van der Waals surface area contributed by atoms with Gasteiger partial charge in [0.05, 0.1) is 0 Å². The van der Waals surface area contributed by atoms with Crippen LogP contribution in [0.4, 0.5) is 8.78 Å². The van der Waals surface area contributed by atoms with E-state index in [-0.39, 0.29) is 23.9 Å². The minimum Gasteiger partial charge on any atom is -0.328 e. The molecule has 2 N–H and O–H groups in total. The molecule has 0 aromatic heterocycles. The maximum absolute atomic E-state index is 13.8. The molecule has 0 aliphatic heterocycles. The van der Waals surface area contributed by atoms with Crippen LogP contribution in [0.5, 0.6) is 0 Å². The van der Waals surface area contributed by atoms with E-state index in [1.54, 1.807) is 24.3 Å². The smallest absolute Gasteiger partial charge is 0.273 e. The summed E-state index contributed by atoms with van der Waals surface area (Å²) in [6.07, 6.45) is 1.61. The zero-order valence-electron chi connectivity index (χ0n) is 11.4. The van der Waals surface area contributed by atoms with Crippen molar-refractivity contribution < 1.29 is 8.78 Å². The highest BCUT2D eigenvalue weighted by atomic mass is 19.3. The first-order valence-corrected chi connectivity index (χ1v) is 6.54. The largest absolute Gasteiger partial charge is 0.328 e. The summed E-state index contributed by atoms with van der Waals surface area (Å²) in [6.45, 7) is 5.57. The average molecular weight is 255 g/mol. The number of hydrogen-bond donors (Lipinski definition) is 1. The molecule has 1 aromatic carbocycles. The van der Waals surface area contributed by atoms with Crippen LogP contribution in [0, 0.1) is 5.92 Å². The molecule has 102 valence electrons. The van der Waals surface area contributed by atoms with Crippen LogP contribution < -0.4 is 5.73 Å². The van der Waals surface area contributed by atoms with Crippen molar-refractivity contribution in [2.75, 3.05) is 0 Å². The van der Waals surface area contributed by atoms with Crippen molar-refractivity contribution in [2.45, 2.75) is 52.0 Å². The van der Waals surface area contributed by atoms with Gasteiger partial charge in [0.25, 0.3) is 5.92 Å². The molecule has 0 saturated heterocycles. The van der Waals surface area contributed by atoms with Gasteiger partial charge >= 0.3 is 0 Å². The van der Waals surface area contributed by atoms with Gasteiger partial charge in [0, 0.05) is 18.0 Å². The fraction of sp³-hybridized carbons (Fsp3) is 0.600.